The van der Waals surface area contributed by atoms with Gasteiger partial charge in [0.15, 0.2) is 6.04 Å². The van der Waals surface area contributed by atoms with Crippen LogP contribution in [-0.4, -0.2) is 36.0 Å². The molecule has 1 fully saturated rings. The second-order valence-corrected chi connectivity index (χ2v) is 7.27. The van der Waals surface area contributed by atoms with Gasteiger partial charge in [0.1, 0.15) is 6.04 Å². The number of thiophene rings is 1. The maximum absolute atomic E-state index is 12.6. The minimum Gasteiger partial charge on any atom is -0.336 e. The number of imide groups is 1. The van der Waals surface area contributed by atoms with Gasteiger partial charge in [0.2, 0.25) is 0 Å². The molecule has 3 N–H and O–H groups in total. The van der Waals surface area contributed by atoms with Crippen LogP contribution >= 0.6 is 11.3 Å². The van der Waals surface area contributed by atoms with E-state index in [4.69, 9.17) is 0 Å². The number of carbonyl (C=O) groups excluding carboxylic acids is 2. The number of aryl methyl sites for hydroxylation is 1. The number of benzene rings is 1. The molecule has 0 bridgehead atoms. The van der Waals surface area contributed by atoms with Crippen molar-refractivity contribution in [2.45, 2.75) is 32.4 Å². The normalized spacial score (nSPS) is 16.6. The molecule has 25 heavy (non-hydrogen) atoms. The predicted molar refractivity (Wildman–Crippen MR) is 98.5 cm³/mol. The molecule has 0 unspecified atom stereocenters. The van der Waals surface area contributed by atoms with E-state index in [2.05, 4.69) is 53.3 Å². The minimum atomic E-state index is -0.332. The number of hydrogen-bond acceptors (Lipinski definition) is 3. The molecule has 2 aromatic rings. The summed E-state index contributed by atoms with van der Waals surface area (Å²) in [5.41, 5.74) is 2.47. The molecule has 3 amide bonds. The van der Waals surface area contributed by atoms with Crippen molar-refractivity contribution in [1.29, 1.82) is 0 Å². The number of amides is 3. The first-order valence-electron chi connectivity index (χ1n) is 8.66. The highest BCUT2D eigenvalue weighted by atomic mass is 32.1. The number of quaternary nitrogens is 1. The van der Waals surface area contributed by atoms with Gasteiger partial charge in [-0.25, -0.2) is 4.79 Å². The summed E-state index contributed by atoms with van der Waals surface area (Å²) in [6.45, 7) is 4.99. The van der Waals surface area contributed by atoms with E-state index in [1.54, 1.807) is 11.3 Å². The molecule has 2 atom stereocenters. The lowest BCUT2D eigenvalue weighted by molar-refractivity contribution is -0.704. The lowest BCUT2D eigenvalue weighted by Crippen LogP contribution is -2.92. The lowest BCUT2D eigenvalue weighted by Gasteiger charge is -2.22. The van der Waals surface area contributed by atoms with Crippen molar-refractivity contribution >= 4 is 23.3 Å². The summed E-state index contributed by atoms with van der Waals surface area (Å²) in [6.07, 6.45) is 1.01. The van der Waals surface area contributed by atoms with Gasteiger partial charge in [0.25, 0.3) is 5.91 Å². The Balaban J connectivity index is 1.80. The molecule has 1 saturated heterocycles. The second-order valence-electron chi connectivity index (χ2n) is 6.29. The third kappa shape index (κ3) is 3.91. The van der Waals surface area contributed by atoms with Crippen LogP contribution in [-0.2, 0) is 11.2 Å². The molecule has 2 heterocycles. The summed E-state index contributed by atoms with van der Waals surface area (Å²) in [4.78, 5) is 26.9. The van der Waals surface area contributed by atoms with Crippen LogP contribution in [0.5, 0.6) is 0 Å². The van der Waals surface area contributed by atoms with Gasteiger partial charge in [-0.1, -0.05) is 37.3 Å². The summed E-state index contributed by atoms with van der Waals surface area (Å²) in [5.74, 6) is -0.137. The molecule has 1 aromatic heterocycles. The number of hydrogen-bond donors (Lipinski definition) is 2. The zero-order valence-corrected chi connectivity index (χ0v) is 15.4. The van der Waals surface area contributed by atoms with Crippen LogP contribution in [0.2, 0.25) is 0 Å². The maximum atomic E-state index is 12.6. The Morgan fingerprint density at radius 1 is 1.32 bits per heavy atom. The topological polar surface area (TPSA) is 66.0 Å². The molecule has 0 radical (unpaired) electrons. The molecular weight excluding hydrogens is 334 g/mol. The average Bonchev–Trinajstić information content (AvgIpc) is 3.30. The van der Waals surface area contributed by atoms with E-state index in [-0.39, 0.29) is 24.0 Å². The van der Waals surface area contributed by atoms with Crippen molar-refractivity contribution < 1.29 is 14.9 Å². The summed E-state index contributed by atoms with van der Waals surface area (Å²) in [7, 11) is 0. The van der Waals surface area contributed by atoms with E-state index in [1.807, 2.05) is 13.0 Å². The van der Waals surface area contributed by atoms with E-state index >= 15 is 0 Å². The highest BCUT2D eigenvalue weighted by molar-refractivity contribution is 7.10. The van der Waals surface area contributed by atoms with Crippen LogP contribution < -0.4 is 10.6 Å². The first-order valence-corrected chi connectivity index (χ1v) is 9.54. The Hall–Kier alpha value is -2.18. The molecule has 0 saturated carbocycles. The van der Waals surface area contributed by atoms with Crippen LogP contribution in [0.4, 0.5) is 4.79 Å². The monoisotopic (exact) mass is 358 g/mol. The third-order valence-corrected chi connectivity index (χ3v) is 5.55. The van der Waals surface area contributed by atoms with Gasteiger partial charge in [-0.15, -0.1) is 11.3 Å². The molecular formula is C19H24N3O2S+. The largest absolute Gasteiger partial charge is 0.336 e. The number of nitrogens with one attached hydrogen (secondary N) is 1. The van der Waals surface area contributed by atoms with Crippen molar-refractivity contribution in [3.05, 3.63) is 57.8 Å². The van der Waals surface area contributed by atoms with Gasteiger partial charge < -0.3 is 10.6 Å². The van der Waals surface area contributed by atoms with Crippen molar-refractivity contribution in [1.82, 2.24) is 10.2 Å². The minimum absolute atomic E-state index is 0.0514. The van der Waals surface area contributed by atoms with Crippen molar-refractivity contribution in [2.75, 3.05) is 13.1 Å². The molecule has 1 aromatic carbocycles. The quantitative estimate of drug-likeness (QED) is 0.828. The number of nitrogens with two attached hydrogens (primary N) is 1. The van der Waals surface area contributed by atoms with Gasteiger partial charge in [-0.05, 0) is 30.4 Å². The number of rotatable bonds is 6. The van der Waals surface area contributed by atoms with Crippen molar-refractivity contribution in [3.63, 3.8) is 0 Å². The van der Waals surface area contributed by atoms with Crippen LogP contribution in [0.15, 0.2) is 41.8 Å². The zero-order valence-electron chi connectivity index (χ0n) is 14.6. The Morgan fingerprint density at radius 2 is 2.08 bits per heavy atom. The van der Waals surface area contributed by atoms with Crippen LogP contribution in [0.1, 0.15) is 35.9 Å². The van der Waals surface area contributed by atoms with Crippen molar-refractivity contribution in [3.8, 4) is 0 Å². The van der Waals surface area contributed by atoms with Gasteiger partial charge in [-0.3, -0.25) is 9.69 Å². The van der Waals surface area contributed by atoms with Gasteiger partial charge in [0, 0.05) is 18.7 Å². The van der Waals surface area contributed by atoms with Crippen LogP contribution in [0.3, 0.4) is 0 Å². The molecule has 6 heteroatoms. The standard InChI is InChI=1S/C19H23N3O2S/c1-3-14-6-8-15(9-7-14)17(16-5-4-12-25-16)21-13(2)18(23)22-11-10-20-19(22)24/h4-9,12-13,17,21H,3,10-11H2,1-2H3,(H,20,24)/p+1/t13-,17+/m1/s1. The summed E-state index contributed by atoms with van der Waals surface area (Å²) < 4.78 is 0. The Morgan fingerprint density at radius 3 is 2.64 bits per heavy atom. The Labute approximate surface area is 152 Å². The zero-order chi connectivity index (χ0) is 17.8. The summed E-state index contributed by atoms with van der Waals surface area (Å²) in [5, 5.41) is 6.79. The Bertz CT molecular complexity index is 728. The van der Waals surface area contributed by atoms with Gasteiger partial charge in [-0.2, -0.15) is 0 Å². The van der Waals surface area contributed by atoms with Crippen LogP contribution in [0, 0.1) is 0 Å². The van der Waals surface area contributed by atoms with Crippen molar-refractivity contribution in [2.24, 2.45) is 0 Å². The fraction of sp³-hybridized carbons (Fsp3) is 0.368. The summed E-state index contributed by atoms with van der Waals surface area (Å²) in [6, 6.07) is 12.1. The molecule has 132 valence electrons. The predicted octanol–water partition coefficient (Wildman–Crippen LogP) is 1.90. The number of nitrogens with zero attached hydrogens (tertiary/aromatic N) is 1. The van der Waals surface area contributed by atoms with E-state index in [1.165, 1.54) is 20.9 Å². The first-order chi connectivity index (χ1) is 12.1. The third-order valence-electron chi connectivity index (χ3n) is 4.59. The number of carbonyl (C=O) groups is 2. The van der Waals surface area contributed by atoms with E-state index in [0.717, 1.165) is 6.42 Å². The molecule has 1 aliphatic heterocycles. The fourth-order valence-electron chi connectivity index (χ4n) is 3.10. The van der Waals surface area contributed by atoms with Gasteiger partial charge >= 0.3 is 6.03 Å². The highest BCUT2D eigenvalue weighted by Gasteiger charge is 2.33. The van der Waals surface area contributed by atoms with Gasteiger partial charge in [0.05, 0.1) is 4.88 Å². The van der Waals surface area contributed by atoms with E-state index in [0.29, 0.717) is 13.1 Å². The molecule has 0 spiro atoms. The van der Waals surface area contributed by atoms with Crippen LogP contribution in [0.25, 0.3) is 0 Å². The second kappa shape index (κ2) is 7.80. The molecule has 3 rings (SSSR count). The smallest absolute Gasteiger partial charge is 0.324 e. The molecule has 5 nitrogen and oxygen atoms in total. The highest BCUT2D eigenvalue weighted by Crippen LogP contribution is 2.23. The Kier molecular flexibility index (Phi) is 5.50. The summed E-state index contributed by atoms with van der Waals surface area (Å²) >= 11 is 1.69. The van der Waals surface area contributed by atoms with E-state index < -0.39 is 0 Å². The first kappa shape index (κ1) is 17.6. The maximum Gasteiger partial charge on any atom is 0.324 e. The lowest BCUT2D eigenvalue weighted by atomic mass is 10.0. The number of urea groups is 1. The fourth-order valence-corrected chi connectivity index (χ4v) is 3.93. The molecule has 0 aliphatic carbocycles. The van der Waals surface area contributed by atoms with E-state index in [9.17, 15) is 9.59 Å². The average molecular weight is 358 g/mol. The SMILES string of the molecule is CCc1ccc([C@H]([NH2+][C@H](C)C(=O)N2CCNC2=O)c2cccs2)cc1. The molecule has 1 aliphatic rings.